The summed E-state index contributed by atoms with van der Waals surface area (Å²) in [7, 11) is 0. The summed E-state index contributed by atoms with van der Waals surface area (Å²) in [6.07, 6.45) is 0.266. The summed E-state index contributed by atoms with van der Waals surface area (Å²) in [6.45, 7) is 3.48. The third-order valence-electron chi connectivity index (χ3n) is 1.58. The molecule has 0 radical (unpaired) electrons. The Morgan fingerprint density at radius 1 is 1.58 bits per heavy atom. The van der Waals surface area contributed by atoms with E-state index in [0.717, 1.165) is 11.5 Å². The van der Waals surface area contributed by atoms with Crippen molar-refractivity contribution >= 4 is 0 Å². The van der Waals surface area contributed by atoms with Crippen LogP contribution in [0, 0.1) is 24.0 Å². The molecule has 1 aromatic rings. The lowest BCUT2D eigenvalue weighted by atomic mass is 10.4. The highest BCUT2D eigenvalue weighted by molar-refractivity contribution is 5.05. The number of nitrogens with zero attached hydrogens (tertiary/aromatic N) is 2. The first-order chi connectivity index (χ1) is 5.59. The Morgan fingerprint density at radius 2 is 2.25 bits per heavy atom. The number of hydrogen-bond acceptors (Lipinski definition) is 4. The van der Waals surface area contributed by atoms with E-state index in [1.54, 1.807) is 6.92 Å². The van der Waals surface area contributed by atoms with E-state index in [4.69, 9.17) is 4.42 Å². The van der Waals surface area contributed by atoms with Crippen molar-refractivity contribution in [1.29, 1.82) is 0 Å². The highest BCUT2D eigenvalue weighted by Crippen LogP contribution is 2.08. The first kappa shape index (κ1) is 8.70. The summed E-state index contributed by atoms with van der Waals surface area (Å²) >= 11 is 0. The molecule has 66 valence electrons. The van der Waals surface area contributed by atoms with Crippen molar-refractivity contribution < 1.29 is 9.34 Å². The summed E-state index contributed by atoms with van der Waals surface area (Å²) in [6, 6.07) is 0. The van der Waals surface area contributed by atoms with Crippen LogP contribution < -0.4 is 0 Å². The van der Waals surface area contributed by atoms with Gasteiger partial charge in [-0.25, -0.2) is 4.98 Å². The van der Waals surface area contributed by atoms with Crippen LogP contribution in [0.3, 0.4) is 0 Å². The summed E-state index contributed by atoms with van der Waals surface area (Å²) in [5.41, 5.74) is 0.799. The fraction of sp³-hybridized carbons (Fsp3) is 0.571. The van der Waals surface area contributed by atoms with Crippen LogP contribution in [0.15, 0.2) is 4.42 Å². The molecule has 0 atom stereocenters. The van der Waals surface area contributed by atoms with Crippen molar-refractivity contribution in [3.05, 3.63) is 27.5 Å². The van der Waals surface area contributed by atoms with Gasteiger partial charge in [-0.1, -0.05) is 0 Å². The first-order valence-electron chi connectivity index (χ1n) is 3.64. The van der Waals surface area contributed by atoms with E-state index < -0.39 is 0 Å². The number of aryl methyl sites for hydroxylation is 2. The fourth-order valence-electron chi connectivity index (χ4n) is 0.833. The lowest BCUT2D eigenvalue weighted by Gasteiger charge is -1.87. The van der Waals surface area contributed by atoms with Crippen LogP contribution in [0.25, 0.3) is 0 Å². The Morgan fingerprint density at radius 3 is 2.67 bits per heavy atom. The molecule has 1 aromatic heterocycles. The summed E-state index contributed by atoms with van der Waals surface area (Å²) in [5.74, 6) is 1.18. The molecule has 1 heterocycles. The van der Waals surface area contributed by atoms with E-state index in [1.165, 1.54) is 0 Å². The van der Waals surface area contributed by atoms with Crippen LogP contribution in [0.1, 0.15) is 17.3 Å². The number of nitro groups is 1. The quantitative estimate of drug-likeness (QED) is 0.503. The standard InChI is InChI=1S/C7H10N2O3/c1-5-6(2)12-7(8-5)3-4-9(10)11/h3-4H2,1-2H3. The van der Waals surface area contributed by atoms with E-state index >= 15 is 0 Å². The second-order valence-electron chi connectivity index (χ2n) is 2.56. The van der Waals surface area contributed by atoms with E-state index in [9.17, 15) is 10.1 Å². The Labute approximate surface area is 69.6 Å². The van der Waals surface area contributed by atoms with Crippen molar-refractivity contribution in [2.45, 2.75) is 20.3 Å². The van der Waals surface area contributed by atoms with Gasteiger partial charge in [0.2, 0.25) is 12.4 Å². The molecule has 12 heavy (non-hydrogen) atoms. The summed E-state index contributed by atoms with van der Waals surface area (Å²) in [4.78, 5) is 13.6. The molecule has 5 nitrogen and oxygen atoms in total. The van der Waals surface area contributed by atoms with Gasteiger partial charge < -0.3 is 4.42 Å². The van der Waals surface area contributed by atoms with Gasteiger partial charge in [0.15, 0.2) is 0 Å². The van der Waals surface area contributed by atoms with E-state index in [1.807, 2.05) is 6.92 Å². The van der Waals surface area contributed by atoms with Crippen molar-refractivity contribution in [2.24, 2.45) is 0 Å². The molecule has 0 unspecified atom stereocenters. The van der Waals surface area contributed by atoms with E-state index in [-0.39, 0.29) is 17.9 Å². The Balaban J connectivity index is 2.58. The van der Waals surface area contributed by atoms with Gasteiger partial charge >= 0.3 is 0 Å². The second kappa shape index (κ2) is 3.34. The largest absolute Gasteiger partial charge is 0.445 e. The molecule has 0 fully saturated rings. The van der Waals surface area contributed by atoms with Crippen LogP contribution in [-0.2, 0) is 6.42 Å². The van der Waals surface area contributed by atoms with Crippen LogP contribution in [0.2, 0.25) is 0 Å². The molecule has 0 spiro atoms. The molecule has 0 N–H and O–H groups in total. The molecule has 0 bridgehead atoms. The minimum absolute atomic E-state index is 0.126. The molecule has 1 rings (SSSR count). The van der Waals surface area contributed by atoms with Crippen molar-refractivity contribution in [3.63, 3.8) is 0 Å². The normalized spacial score (nSPS) is 10.2. The highest BCUT2D eigenvalue weighted by Gasteiger charge is 2.07. The minimum atomic E-state index is -0.380. The number of hydrogen-bond donors (Lipinski definition) is 0. The number of rotatable bonds is 3. The second-order valence-corrected chi connectivity index (χ2v) is 2.56. The average Bonchev–Trinajstić information content (AvgIpc) is 2.28. The average molecular weight is 170 g/mol. The third kappa shape index (κ3) is 2.05. The fourth-order valence-corrected chi connectivity index (χ4v) is 0.833. The number of aromatic nitrogens is 1. The van der Waals surface area contributed by atoms with Crippen molar-refractivity contribution in [3.8, 4) is 0 Å². The molecule has 0 saturated carbocycles. The molecule has 0 aliphatic rings. The molecule has 0 saturated heterocycles. The molecular formula is C7H10N2O3. The van der Waals surface area contributed by atoms with Gasteiger partial charge in [0, 0.05) is 4.92 Å². The smallest absolute Gasteiger partial charge is 0.212 e. The van der Waals surface area contributed by atoms with Crippen LogP contribution in [0.4, 0.5) is 0 Å². The lowest BCUT2D eigenvalue weighted by Crippen LogP contribution is -2.03. The molecule has 0 aliphatic heterocycles. The maximum absolute atomic E-state index is 10.0. The van der Waals surface area contributed by atoms with Gasteiger partial charge in [-0.3, -0.25) is 10.1 Å². The SMILES string of the molecule is Cc1nc(CC[N+](=O)[O-])oc1C. The molecule has 5 heteroatoms. The molecular weight excluding hydrogens is 160 g/mol. The Kier molecular flexibility index (Phi) is 2.42. The zero-order valence-corrected chi connectivity index (χ0v) is 7.03. The zero-order valence-electron chi connectivity index (χ0n) is 7.03. The minimum Gasteiger partial charge on any atom is -0.445 e. The summed E-state index contributed by atoms with van der Waals surface area (Å²) < 4.78 is 5.15. The zero-order chi connectivity index (χ0) is 9.14. The molecule has 0 aliphatic carbocycles. The van der Waals surface area contributed by atoms with Gasteiger partial charge in [0.1, 0.15) is 5.76 Å². The monoisotopic (exact) mass is 170 g/mol. The van der Waals surface area contributed by atoms with Gasteiger partial charge in [-0.2, -0.15) is 0 Å². The van der Waals surface area contributed by atoms with E-state index in [2.05, 4.69) is 4.98 Å². The van der Waals surface area contributed by atoms with Crippen molar-refractivity contribution in [1.82, 2.24) is 4.98 Å². The molecule has 0 amide bonds. The van der Waals surface area contributed by atoms with Crippen LogP contribution in [-0.4, -0.2) is 16.5 Å². The summed E-state index contributed by atoms with van der Waals surface area (Å²) in [5, 5.41) is 10.0. The molecule has 0 aromatic carbocycles. The maximum Gasteiger partial charge on any atom is 0.212 e. The third-order valence-corrected chi connectivity index (χ3v) is 1.58. The van der Waals surface area contributed by atoms with Gasteiger partial charge in [-0.05, 0) is 13.8 Å². The Hall–Kier alpha value is -1.39. The van der Waals surface area contributed by atoms with Gasteiger partial charge in [0.25, 0.3) is 0 Å². The first-order valence-corrected chi connectivity index (χ1v) is 3.64. The van der Waals surface area contributed by atoms with Crippen LogP contribution in [0.5, 0.6) is 0 Å². The van der Waals surface area contributed by atoms with Crippen molar-refractivity contribution in [2.75, 3.05) is 6.54 Å². The number of oxazole rings is 1. The topological polar surface area (TPSA) is 69.2 Å². The van der Waals surface area contributed by atoms with E-state index in [0.29, 0.717) is 5.89 Å². The predicted molar refractivity (Wildman–Crippen MR) is 41.5 cm³/mol. The Bertz CT molecular complexity index is 273. The lowest BCUT2D eigenvalue weighted by molar-refractivity contribution is -0.479. The maximum atomic E-state index is 10.0. The van der Waals surface area contributed by atoms with Gasteiger partial charge in [0.05, 0.1) is 12.1 Å². The van der Waals surface area contributed by atoms with Crippen LogP contribution >= 0.6 is 0 Å². The highest BCUT2D eigenvalue weighted by atomic mass is 16.6. The predicted octanol–water partition coefficient (Wildman–Crippen LogP) is 1.11. The van der Waals surface area contributed by atoms with Gasteiger partial charge in [-0.15, -0.1) is 0 Å².